The molecule has 0 aliphatic rings. The van der Waals surface area contributed by atoms with Crippen LogP contribution in [0.5, 0.6) is 0 Å². The van der Waals surface area contributed by atoms with Crippen LogP contribution < -0.4 is 21.7 Å². The predicted octanol–water partition coefficient (Wildman–Crippen LogP) is 4.24. The zero-order valence-electron chi connectivity index (χ0n) is 26.5. The summed E-state index contributed by atoms with van der Waals surface area (Å²) in [6, 6.07) is 17.0. The molecule has 3 rings (SSSR count). The molecule has 0 saturated carbocycles. The topological polar surface area (TPSA) is 148 Å². The van der Waals surface area contributed by atoms with Crippen LogP contribution in [0.15, 0.2) is 66.9 Å². The van der Waals surface area contributed by atoms with E-state index in [1.165, 1.54) is 12.8 Å². The quantitative estimate of drug-likeness (QED) is 0.110. The zero-order valence-corrected chi connectivity index (χ0v) is 26.5. The Kier molecular flexibility index (Phi) is 15.0. The van der Waals surface area contributed by atoms with Crippen LogP contribution in [0.25, 0.3) is 17.1 Å². The minimum Gasteiger partial charge on any atom is -0.356 e. The Morgan fingerprint density at radius 3 is 2.27 bits per heavy atom. The number of para-hydroxylation sites is 1. The minimum absolute atomic E-state index is 0.0324. The van der Waals surface area contributed by atoms with Crippen LogP contribution in [0, 0.1) is 0 Å². The van der Waals surface area contributed by atoms with Gasteiger partial charge in [0, 0.05) is 36.8 Å². The fraction of sp³-hybridized carbons (Fsp3) is 0.457. The third-order valence-electron chi connectivity index (χ3n) is 7.54. The third-order valence-corrected chi connectivity index (χ3v) is 7.54. The van der Waals surface area contributed by atoms with Crippen molar-refractivity contribution in [1.82, 2.24) is 25.5 Å². The molecule has 3 aromatic rings. The Bertz CT molecular complexity index is 1290. The highest BCUT2D eigenvalue weighted by Gasteiger charge is 2.25. The van der Waals surface area contributed by atoms with Gasteiger partial charge in [0.25, 0.3) is 0 Å². The number of imidazole rings is 1. The van der Waals surface area contributed by atoms with E-state index in [0.29, 0.717) is 44.2 Å². The fourth-order valence-electron chi connectivity index (χ4n) is 5.01. The van der Waals surface area contributed by atoms with Gasteiger partial charge in [-0.25, -0.2) is 4.98 Å². The highest BCUT2D eigenvalue weighted by Crippen LogP contribution is 2.23. The summed E-state index contributed by atoms with van der Waals surface area (Å²) in [7, 11) is 0. The van der Waals surface area contributed by atoms with Gasteiger partial charge in [0.05, 0.1) is 17.8 Å². The number of nitrogens with zero attached hydrogens (tertiary/aromatic N) is 2. The number of carbonyl (C=O) groups is 4. The summed E-state index contributed by atoms with van der Waals surface area (Å²) in [6.45, 7) is 4.22. The largest absolute Gasteiger partial charge is 0.356 e. The Hall–Kier alpha value is -4.31. The van der Waals surface area contributed by atoms with E-state index < -0.39 is 29.9 Å². The van der Waals surface area contributed by atoms with Crippen LogP contribution in [0.1, 0.15) is 77.3 Å². The van der Waals surface area contributed by atoms with Crippen molar-refractivity contribution in [3.05, 3.63) is 72.6 Å². The molecule has 1 heterocycles. The van der Waals surface area contributed by atoms with Gasteiger partial charge in [-0.3, -0.25) is 19.0 Å². The maximum atomic E-state index is 13.2. The first-order valence-electron chi connectivity index (χ1n) is 16.1. The SMILES string of the molecule is CCCCCCCC(=O)NCCCC[C@H](NC(=O)[C@@H](N)Cc1cn(-c2ccccc2)c(-c2ccccc2)n1)C(=O)N[C@H](C)C=O. The van der Waals surface area contributed by atoms with E-state index in [1.807, 2.05) is 71.4 Å². The molecule has 0 aliphatic carbocycles. The molecule has 0 saturated heterocycles. The van der Waals surface area contributed by atoms with Crippen LogP contribution in [0.2, 0.25) is 0 Å². The van der Waals surface area contributed by atoms with Crippen molar-refractivity contribution >= 4 is 24.0 Å². The maximum Gasteiger partial charge on any atom is 0.243 e. The highest BCUT2D eigenvalue weighted by atomic mass is 16.2. The first-order chi connectivity index (χ1) is 21.8. The van der Waals surface area contributed by atoms with Gasteiger partial charge in [-0.2, -0.15) is 0 Å². The smallest absolute Gasteiger partial charge is 0.243 e. The van der Waals surface area contributed by atoms with Gasteiger partial charge in [-0.05, 0) is 44.7 Å². The molecule has 0 aliphatic heterocycles. The van der Waals surface area contributed by atoms with Gasteiger partial charge in [0.2, 0.25) is 17.7 Å². The van der Waals surface area contributed by atoms with Crippen molar-refractivity contribution in [2.45, 2.75) is 96.2 Å². The molecule has 0 fully saturated rings. The fourth-order valence-corrected chi connectivity index (χ4v) is 5.01. The number of hydrogen-bond acceptors (Lipinski definition) is 6. The number of aldehydes is 1. The van der Waals surface area contributed by atoms with Crippen molar-refractivity contribution in [3.63, 3.8) is 0 Å². The maximum absolute atomic E-state index is 13.2. The second kappa shape index (κ2) is 19.2. The van der Waals surface area contributed by atoms with Crippen molar-refractivity contribution < 1.29 is 19.2 Å². The van der Waals surface area contributed by atoms with Gasteiger partial charge in [0.1, 0.15) is 18.2 Å². The first kappa shape index (κ1) is 35.2. The number of aromatic nitrogens is 2. The van der Waals surface area contributed by atoms with Crippen molar-refractivity contribution in [3.8, 4) is 17.1 Å². The first-order valence-corrected chi connectivity index (χ1v) is 16.1. The molecular weight excluding hydrogens is 568 g/mol. The van der Waals surface area contributed by atoms with Gasteiger partial charge in [-0.1, -0.05) is 81.1 Å². The molecule has 1 aromatic heterocycles. The zero-order chi connectivity index (χ0) is 32.4. The van der Waals surface area contributed by atoms with Crippen LogP contribution in [-0.4, -0.2) is 58.2 Å². The van der Waals surface area contributed by atoms with E-state index in [0.717, 1.165) is 36.3 Å². The summed E-state index contributed by atoms with van der Waals surface area (Å²) in [6.07, 6.45) is 10.2. The van der Waals surface area contributed by atoms with E-state index >= 15 is 0 Å². The van der Waals surface area contributed by atoms with E-state index in [-0.39, 0.29) is 12.3 Å². The Morgan fingerprint density at radius 1 is 0.889 bits per heavy atom. The lowest BCUT2D eigenvalue weighted by molar-refractivity contribution is -0.130. The van der Waals surface area contributed by atoms with E-state index in [1.54, 1.807) is 6.92 Å². The Labute approximate surface area is 266 Å². The molecule has 45 heavy (non-hydrogen) atoms. The van der Waals surface area contributed by atoms with E-state index in [4.69, 9.17) is 10.7 Å². The summed E-state index contributed by atoms with van der Waals surface area (Å²) < 4.78 is 1.97. The van der Waals surface area contributed by atoms with E-state index in [9.17, 15) is 19.2 Å². The second-order valence-electron chi connectivity index (χ2n) is 11.4. The van der Waals surface area contributed by atoms with Crippen LogP contribution in [0.3, 0.4) is 0 Å². The molecule has 0 bridgehead atoms. The van der Waals surface area contributed by atoms with Crippen molar-refractivity contribution in [1.29, 1.82) is 0 Å². The van der Waals surface area contributed by atoms with Crippen LogP contribution >= 0.6 is 0 Å². The highest BCUT2D eigenvalue weighted by molar-refractivity contribution is 5.90. The Morgan fingerprint density at radius 2 is 1.58 bits per heavy atom. The summed E-state index contributed by atoms with van der Waals surface area (Å²) in [5.74, 6) is -0.176. The molecule has 10 nitrogen and oxygen atoms in total. The summed E-state index contributed by atoms with van der Waals surface area (Å²) >= 11 is 0. The number of nitrogens with two attached hydrogens (primary N) is 1. The molecule has 0 unspecified atom stereocenters. The molecule has 0 radical (unpaired) electrons. The van der Waals surface area contributed by atoms with Crippen LogP contribution in [-0.2, 0) is 25.6 Å². The number of hydrogen-bond donors (Lipinski definition) is 4. The van der Waals surface area contributed by atoms with Crippen molar-refractivity contribution in [2.24, 2.45) is 5.73 Å². The Balaban J connectivity index is 1.59. The molecule has 10 heteroatoms. The molecule has 2 aromatic carbocycles. The summed E-state index contributed by atoms with van der Waals surface area (Å²) in [5.41, 5.74) is 8.83. The van der Waals surface area contributed by atoms with Gasteiger partial charge in [0.15, 0.2) is 0 Å². The molecule has 3 atom stereocenters. The molecule has 0 spiro atoms. The predicted molar refractivity (Wildman–Crippen MR) is 177 cm³/mol. The number of unbranched alkanes of at least 4 members (excludes halogenated alkanes) is 5. The van der Waals surface area contributed by atoms with Gasteiger partial charge >= 0.3 is 0 Å². The molecule has 3 amide bonds. The van der Waals surface area contributed by atoms with Gasteiger partial charge < -0.3 is 26.5 Å². The normalized spacial score (nSPS) is 13.0. The number of nitrogens with one attached hydrogen (secondary N) is 3. The average Bonchev–Trinajstić information content (AvgIpc) is 3.48. The minimum atomic E-state index is -0.955. The van der Waals surface area contributed by atoms with Gasteiger partial charge in [-0.15, -0.1) is 0 Å². The number of benzene rings is 2. The third kappa shape index (κ3) is 11.9. The van der Waals surface area contributed by atoms with E-state index in [2.05, 4.69) is 22.9 Å². The average molecular weight is 617 g/mol. The second-order valence-corrected chi connectivity index (χ2v) is 11.4. The number of rotatable bonds is 20. The molecular formula is C35H48N6O4. The number of amides is 3. The molecule has 242 valence electrons. The molecule has 5 N–H and O–H groups in total. The standard InChI is InChI=1S/C35H48N6O4/c1-3-4-5-6-13-21-32(43)37-22-15-14-20-31(35(45)38-26(2)25-42)40-34(44)30(36)23-28-24-41(29-18-11-8-12-19-29)33(39-28)27-16-9-7-10-17-27/h7-12,16-19,24-26,30-31H,3-6,13-15,20-23,36H2,1-2H3,(H,37,43)(H,38,45)(H,40,44)/t26-,30+,31+/m1/s1. The summed E-state index contributed by atoms with van der Waals surface area (Å²) in [4.78, 5) is 54.2. The monoisotopic (exact) mass is 616 g/mol. The lowest BCUT2D eigenvalue weighted by Crippen LogP contribution is -2.53. The lowest BCUT2D eigenvalue weighted by Gasteiger charge is -2.21. The van der Waals surface area contributed by atoms with Crippen LogP contribution in [0.4, 0.5) is 0 Å². The lowest BCUT2D eigenvalue weighted by atomic mass is 10.1. The number of carbonyl (C=O) groups excluding carboxylic acids is 4. The summed E-state index contributed by atoms with van der Waals surface area (Å²) in [5, 5.41) is 8.33. The van der Waals surface area contributed by atoms with Crippen molar-refractivity contribution in [2.75, 3.05) is 6.54 Å².